The Morgan fingerprint density at radius 2 is 1.94 bits per heavy atom. The Balaban J connectivity index is 1.70. The van der Waals surface area contributed by atoms with Gasteiger partial charge in [0.25, 0.3) is 0 Å². The molecule has 7 heteroatoms. The van der Waals surface area contributed by atoms with Crippen molar-refractivity contribution in [3.63, 3.8) is 0 Å². The predicted molar refractivity (Wildman–Crippen MR) is 117 cm³/mol. The fourth-order valence-corrected chi connectivity index (χ4v) is 5.11. The molecule has 6 rings (SSSR count). The minimum atomic E-state index is -1.14. The highest BCUT2D eigenvalue weighted by atomic mass is 16.6. The maximum Gasteiger partial charge on any atom is 0.200 e. The molecule has 0 saturated carbocycles. The number of hydrogen-bond acceptors (Lipinski definition) is 7. The lowest BCUT2D eigenvalue weighted by atomic mass is 9.73. The van der Waals surface area contributed by atoms with E-state index in [1.807, 2.05) is 32.9 Å². The summed E-state index contributed by atoms with van der Waals surface area (Å²) in [5, 5.41) is 32.0. The van der Waals surface area contributed by atoms with Crippen LogP contribution in [0.3, 0.4) is 0 Å². The van der Waals surface area contributed by atoms with Crippen LogP contribution in [-0.2, 0) is 6.42 Å². The van der Waals surface area contributed by atoms with Gasteiger partial charge < -0.3 is 29.2 Å². The highest BCUT2D eigenvalue weighted by molar-refractivity contribution is 5.92. The van der Waals surface area contributed by atoms with Crippen molar-refractivity contribution < 1.29 is 29.2 Å². The maximum absolute atomic E-state index is 13.6. The van der Waals surface area contributed by atoms with Crippen LogP contribution < -0.4 is 14.9 Å². The number of rotatable bonds is 0. The van der Waals surface area contributed by atoms with Crippen molar-refractivity contribution in [1.82, 2.24) is 0 Å². The number of hydrogen-bond donors (Lipinski definition) is 3. The average molecular weight is 434 g/mol. The van der Waals surface area contributed by atoms with E-state index in [2.05, 4.69) is 0 Å². The molecule has 3 unspecified atom stereocenters. The lowest BCUT2D eigenvalue weighted by Crippen LogP contribution is -2.37. The highest BCUT2D eigenvalue weighted by Gasteiger charge is 2.44. The molecule has 3 aromatic rings. The molecule has 0 fully saturated rings. The summed E-state index contributed by atoms with van der Waals surface area (Å²) in [6, 6.07) is 4.63. The van der Waals surface area contributed by atoms with E-state index in [-0.39, 0.29) is 40.3 Å². The number of aliphatic hydroxyl groups excluding tert-OH is 1. The molecule has 0 spiro atoms. The van der Waals surface area contributed by atoms with Gasteiger partial charge in [-0.15, -0.1) is 0 Å². The molecule has 1 aliphatic carbocycles. The number of benzene rings is 2. The fraction of sp³-hybridized carbons (Fsp3) is 0.320. The summed E-state index contributed by atoms with van der Waals surface area (Å²) in [7, 11) is 0. The third kappa shape index (κ3) is 2.42. The van der Waals surface area contributed by atoms with Crippen LogP contribution in [0.4, 0.5) is 0 Å². The number of aliphatic hydroxyl groups is 1. The Morgan fingerprint density at radius 3 is 2.72 bits per heavy atom. The summed E-state index contributed by atoms with van der Waals surface area (Å²) < 4.78 is 17.9. The second-order valence-electron chi connectivity index (χ2n) is 9.34. The average Bonchev–Trinajstić information content (AvgIpc) is 2.73. The van der Waals surface area contributed by atoms with Gasteiger partial charge in [-0.3, -0.25) is 4.79 Å². The molecule has 2 aromatic carbocycles. The number of ether oxygens (including phenoxy) is 2. The van der Waals surface area contributed by atoms with E-state index >= 15 is 0 Å². The number of phenolic OH excluding ortho intramolecular Hbond substituents is 2. The fourth-order valence-electron chi connectivity index (χ4n) is 5.11. The lowest BCUT2D eigenvalue weighted by molar-refractivity contribution is -0.0785. The SMILES string of the molecule is CC1C(O)Oc2c(O)cc(O)c3c2C1Cc1c-3oc2c3c(ccc2c1=O)OC(C)(C)C=C3. The zero-order chi connectivity index (χ0) is 22.5. The van der Waals surface area contributed by atoms with Crippen LogP contribution in [-0.4, -0.2) is 27.2 Å². The van der Waals surface area contributed by atoms with Crippen LogP contribution in [0.1, 0.15) is 43.4 Å². The molecule has 0 bridgehead atoms. The van der Waals surface area contributed by atoms with Crippen molar-refractivity contribution in [2.24, 2.45) is 5.92 Å². The van der Waals surface area contributed by atoms with Gasteiger partial charge in [0, 0.05) is 29.0 Å². The summed E-state index contributed by atoms with van der Waals surface area (Å²) in [6.07, 6.45) is 2.95. The van der Waals surface area contributed by atoms with E-state index in [9.17, 15) is 20.1 Å². The van der Waals surface area contributed by atoms with E-state index in [1.54, 1.807) is 12.1 Å². The first-order chi connectivity index (χ1) is 15.2. The van der Waals surface area contributed by atoms with Gasteiger partial charge in [-0.1, -0.05) is 6.92 Å². The Labute approximate surface area is 183 Å². The summed E-state index contributed by atoms with van der Waals surface area (Å²) >= 11 is 0. The van der Waals surface area contributed by atoms with Crippen LogP contribution in [0.25, 0.3) is 28.4 Å². The molecule has 1 aromatic heterocycles. The Hall–Kier alpha value is -3.45. The van der Waals surface area contributed by atoms with Gasteiger partial charge in [-0.25, -0.2) is 0 Å². The zero-order valence-corrected chi connectivity index (χ0v) is 17.8. The van der Waals surface area contributed by atoms with Crippen LogP contribution >= 0.6 is 0 Å². The summed E-state index contributed by atoms with van der Waals surface area (Å²) in [4.78, 5) is 13.6. The van der Waals surface area contributed by atoms with Gasteiger partial charge in [0.2, 0.25) is 6.29 Å². The van der Waals surface area contributed by atoms with Crippen LogP contribution in [0.5, 0.6) is 23.0 Å². The normalized spacial score (nSPS) is 24.2. The first-order valence-electron chi connectivity index (χ1n) is 10.6. The quantitative estimate of drug-likeness (QED) is 0.490. The monoisotopic (exact) mass is 434 g/mol. The molecular formula is C25H22O7. The summed E-state index contributed by atoms with van der Waals surface area (Å²) in [5.74, 6) is -0.171. The third-order valence-electron chi connectivity index (χ3n) is 6.80. The second-order valence-corrected chi connectivity index (χ2v) is 9.34. The summed E-state index contributed by atoms with van der Waals surface area (Å²) in [6.45, 7) is 5.70. The van der Waals surface area contributed by atoms with Crippen LogP contribution in [0.15, 0.2) is 33.5 Å². The van der Waals surface area contributed by atoms with E-state index in [0.717, 1.165) is 6.07 Å². The number of fused-ring (bicyclic) bond motifs is 5. The minimum Gasteiger partial charge on any atom is -0.507 e. The van der Waals surface area contributed by atoms with Gasteiger partial charge >= 0.3 is 0 Å². The van der Waals surface area contributed by atoms with Crippen molar-refractivity contribution in [2.45, 2.75) is 45.0 Å². The Kier molecular flexibility index (Phi) is 3.65. The number of aromatic hydroxyl groups is 2. The molecule has 3 aliphatic rings. The molecular weight excluding hydrogens is 412 g/mol. The molecule has 32 heavy (non-hydrogen) atoms. The minimum absolute atomic E-state index is 0.113. The highest BCUT2D eigenvalue weighted by Crippen LogP contribution is 2.56. The zero-order valence-electron chi connectivity index (χ0n) is 17.8. The van der Waals surface area contributed by atoms with Gasteiger partial charge in [0.15, 0.2) is 16.9 Å². The van der Waals surface area contributed by atoms with Gasteiger partial charge in [-0.05, 0) is 44.6 Å². The van der Waals surface area contributed by atoms with Crippen molar-refractivity contribution in [2.75, 3.05) is 0 Å². The van der Waals surface area contributed by atoms with Crippen molar-refractivity contribution in [1.29, 1.82) is 0 Å². The largest absolute Gasteiger partial charge is 0.507 e. The van der Waals surface area contributed by atoms with Crippen molar-refractivity contribution >= 4 is 17.0 Å². The first kappa shape index (κ1) is 19.3. The van der Waals surface area contributed by atoms with Crippen molar-refractivity contribution in [3.05, 3.63) is 51.2 Å². The summed E-state index contributed by atoms with van der Waals surface area (Å²) in [5.41, 5.74) is 1.68. The smallest absolute Gasteiger partial charge is 0.200 e. The third-order valence-corrected chi connectivity index (χ3v) is 6.80. The second kappa shape index (κ2) is 6.07. The van der Waals surface area contributed by atoms with E-state index in [4.69, 9.17) is 13.9 Å². The molecule has 3 atom stereocenters. The van der Waals surface area contributed by atoms with E-state index in [0.29, 0.717) is 45.4 Å². The Bertz CT molecular complexity index is 1410. The van der Waals surface area contributed by atoms with Crippen molar-refractivity contribution in [3.8, 4) is 34.3 Å². The molecule has 7 nitrogen and oxygen atoms in total. The molecule has 0 radical (unpaired) electrons. The first-order valence-corrected chi connectivity index (χ1v) is 10.6. The van der Waals surface area contributed by atoms with E-state index < -0.39 is 11.9 Å². The lowest BCUT2D eigenvalue weighted by Gasteiger charge is -2.39. The molecule has 3 heterocycles. The molecule has 0 amide bonds. The topological polar surface area (TPSA) is 109 Å². The maximum atomic E-state index is 13.6. The molecule has 0 saturated heterocycles. The van der Waals surface area contributed by atoms with Gasteiger partial charge in [0.1, 0.15) is 28.4 Å². The predicted octanol–water partition coefficient (Wildman–Crippen LogP) is 4.04. The Morgan fingerprint density at radius 1 is 1.16 bits per heavy atom. The standard InChI is InChI=1S/C25H22O7/c1-10-13-8-14-20(28)12-4-5-17-11(6-7-25(2,3)32-17)21(12)30-22(14)19-15(26)9-16(27)23(18(13)19)31-24(10)29/h4-7,9-10,13,24,26-27,29H,8H2,1-3H3. The molecule has 2 aliphatic heterocycles. The van der Waals surface area contributed by atoms with Gasteiger partial charge in [0.05, 0.1) is 16.5 Å². The van der Waals surface area contributed by atoms with Crippen LogP contribution in [0.2, 0.25) is 0 Å². The molecule has 3 N–H and O–H groups in total. The van der Waals surface area contributed by atoms with Crippen LogP contribution in [0, 0.1) is 5.92 Å². The van der Waals surface area contributed by atoms with E-state index in [1.165, 1.54) is 0 Å². The number of phenols is 2. The van der Waals surface area contributed by atoms with Gasteiger partial charge in [-0.2, -0.15) is 0 Å². The molecule has 164 valence electrons.